The Labute approximate surface area is 178 Å². The number of nitrogens with zero attached hydrogens (tertiary/aromatic N) is 1. The van der Waals surface area contributed by atoms with Crippen LogP contribution in [0, 0.1) is 5.82 Å². The van der Waals surface area contributed by atoms with Gasteiger partial charge in [-0.2, -0.15) is 8.42 Å². The number of nitrogens with one attached hydrogen (secondary N) is 2. The van der Waals surface area contributed by atoms with Gasteiger partial charge in [-0.15, -0.1) is 4.40 Å². The number of rotatable bonds is 4. The van der Waals surface area contributed by atoms with Crippen molar-refractivity contribution in [1.29, 1.82) is 0 Å². The van der Waals surface area contributed by atoms with Crippen molar-refractivity contribution >= 4 is 33.3 Å². The maximum absolute atomic E-state index is 14.1. The molecule has 0 bridgehead atoms. The summed E-state index contributed by atoms with van der Waals surface area (Å²) in [7, 11) is -4.00. The number of fused-ring (bicyclic) bond motifs is 1. The highest BCUT2D eigenvalue weighted by Crippen LogP contribution is 2.39. The van der Waals surface area contributed by atoms with E-state index in [1.54, 1.807) is 61.5 Å². The van der Waals surface area contributed by atoms with Crippen molar-refractivity contribution in [1.82, 2.24) is 5.32 Å². The van der Waals surface area contributed by atoms with Gasteiger partial charge in [-0.1, -0.05) is 48.0 Å². The van der Waals surface area contributed by atoms with Gasteiger partial charge in [0.05, 0.1) is 11.1 Å². The smallest absolute Gasteiger partial charge is 0.287 e. The number of ether oxygens (including phenoxy) is 1. The molecule has 0 unspecified atom stereocenters. The molecular formula is C21H17ClFN3O3S. The molecule has 30 heavy (non-hydrogen) atoms. The first-order valence-electron chi connectivity index (χ1n) is 9.03. The number of hydrogen-bond acceptors (Lipinski definition) is 5. The van der Waals surface area contributed by atoms with Crippen molar-refractivity contribution in [3.63, 3.8) is 0 Å². The quantitative estimate of drug-likeness (QED) is 0.584. The van der Waals surface area contributed by atoms with Crippen molar-refractivity contribution in [3.05, 3.63) is 83.1 Å². The normalized spacial score (nSPS) is 15.4. The van der Waals surface area contributed by atoms with Crippen molar-refractivity contribution < 1.29 is 17.5 Å². The third kappa shape index (κ3) is 3.96. The molecule has 9 heteroatoms. The summed E-state index contributed by atoms with van der Waals surface area (Å²) in [4.78, 5) is -0.0313. The number of guanidine groups is 1. The van der Waals surface area contributed by atoms with E-state index in [4.69, 9.17) is 16.3 Å². The van der Waals surface area contributed by atoms with Crippen LogP contribution in [0.4, 0.5) is 10.1 Å². The molecule has 3 aromatic carbocycles. The Morgan fingerprint density at radius 2 is 1.73 bits per heavy atom. The summed E-state index contributed by atoms with van der Waals surface area (Å²) in [5.74, 6) is 0.203. The van der Waals surface area contributed by atoms with Gasteiger partial charge in [0.1, 0.15) is 22.1 Å². The van der Waals surface area contributed by atoms with Gasteiger partial charge in [-0.25, -0.2) is 4.39 Å². The predicted molar refractivity (Wildman–Crippen MR) is 114 cm³/mol. The molecule has 6 nitrogen and oxygen atoms in total. The molecule has 1 atom stereocenters. The van der Waals surface area contributed by atoms with Gasteiger partial charge in [0, 0.05) is 5.56 Å². The molecule has 0 radical (unpaired) electrons. The highest BCUT2D eigenvalue weighted by molar-refractivity contribution is 7.90. The minimum atomic E-state index is -4.00. The van der Waals surface area contributed by atoms with Gasteiger partial charge in [-0.05, 0) is 37.3 Å². The molecule has 3 aromatic rings. The van der Waals surface area contributed by atoms with E-state index in [1.807, 2.05) is 0 Å². The second-order valence-corrected chi connectivity index (χ2v) is 8.57. The second kappa shape index (κ2) is 7.97. The fraction of sp³-hybridized carbons (Fsp3) is 0.0952. The molecule has 1 heterocycles. The van der Waals surface area contributed by atoms with Gasteiger partial charge < -0.3 is 15.4 Å². The van der Waals surface area contributed by atoms with Crippen LogP contribution in [0.3, 0.4) is 0 Å². The lowest BCUT2D eigenvalue weighted by molar-refractivity contribution is 0.483. The summed E-state index contributed by atoms with van der Waals surface area (Å²) in [6, 6.07) is 17.2. The van der Waals surface area contributed by atoms with Crippen LogP contribution < -0.4 is 15.4 Å². The first kappa shape index (κ1) is 20.2. The van der Waals surface area contributed by atoms with Crippen molar-refractivity contribution in [2.45, 2.75) is 17.9 Å². The lowest BCUT2D eigenvalue weighted by atomic mass is 10.1. The molecule has 154 valence electrons. The molecule has 1 aliphatic rings. The third-order valence-corrected chi connectivity index (χ3v) is 6.13. The number of halogens is 2. The topological polar surface area (TPSA) is 79.8 Å². The van der Waals surface area contributed by atoms with Gasteiger partial charge in [0.2, 0.25) is 5.96 Å². The van der Waals surface area contributed by atoms with Gasteiger partial charge in [0.15, 0.2) is 5.75 Å². The van der Waals surface area contributed by atoms with Crippen LogP contribution in [-0.4, -0.2) is 14.4 Å². The Morgan fingerprint density at radius 3 is 2.50 bits per heavy atom. The molecule has 0 aromatic heterocycles. The SMILES string of the molecule is C[C@@H](NC1=NS(=O)(=O)c2cccc(Oc3ccccc3Cl)c2N1)c1ccccc1F. The van der Waals surface area contributed by atoms with E-state index >= 15 is 0 Å². The van der Waals surface area contributed by atoms with Crippen LogP contribution in [-0.2, 0) is 10.0 Å². The van der Waals surface area contributed by atoms with Crippen LogP contribution in [0.2, 0.25) is 5.02 Å². The highest BCUT2D eigenvalue weighted by Gasteiger charge is 2.29. The molecule has 0 fully saturated rings. The van der Waals surface area contributed by atoms with Crippen LogP contribution in [0.15, 0.2) is 76.0 Å². The Morgan fingerprint density at radius 1 is 1.03 bits per heavy atom. The summed E-state index contributed by atoms with van der Waals surface area (Å²) in [6.07, 6.45) is 0. The number of sulfonamides is 1. The molecule has 0 amide bonds. The Kier molecular flexibility index (Phi) is 5.36. The van der Waals surface area contributed by atoms with Crippen LogP contribution in [0.25, 0.3) is 0 Å². The van der Waals surface area contributed by atoms with E-state index in [-0.39, 0.29) is 22.3 Å². The fourth-order valence-corrected chi connectivity index (χ4v) is 4.33. The summed E-state index contributed by atoms with van der Waals surface area (Å²) in [6.45, 7) is 1.71. The molecule has 0 saturated carbocycles. The first-order valence-corrected chi connectivity index (χ1v) is 10.9. The molecule has 2 N–H and O–H groups in total. The van der Waals surface area contributed by atoms with Crippen molar-refractivity contribution in [2.75, 3.05) is 5.32 Å². The summed E-state index contributed by atoms with van der Waals surface area (Å²) < 4.78 is 49.1. The number of anilines is 1. The summed E-state index contributed by atoms with van der Waals surface area (Å²) >= 11 is 6.16. The molecule has 4 rings (SSSR count). The number of hydrogen-bond donors (Lipinski definition) is 2. The summed E-state index contributed by atoms with van der Waals surface area (Å²) in [5.41, 5.74) is 0.599. The van der Waals surface area contributed by atoms with Crippen molar-refractivity contribution in [3.8, 4) is 11.5 Å². The molecule has 0 saturated heterocycles. The minimum Gasteiger partial charge on any atom is -0.454 e. The zero-order chi connectivity index (χ0) is 21.3. The van der Waals surface area contributed by atoms with E-state index in [1.165, 1.54) is 12.1 Å². The van der Waals surface area contributed by atoms with Crippen molar-refractivity contribution in [2.24, 2.45) is 4.40 Å². The van der Waals surface area contributed by atoms with Crippen LogP contribution in [0.5, 0.6) is 11.5 Å². The molecular weight excluding hydrogens is 429 g/mol. The Bertz CT molecular complexity index is 1250. The van der Waals surface area contributed by atoms with E-state index in [9.17, 15) is 12.8 Å². The molecule has 0 aliphatic carbocycles. The molecule has 0 spiro atoms. The Balaban J connectivity index is 1.67. The average Bonchev–Trinajstić information content (AvgIpc) is 2.70. The number of benzene rings is 3. The predicted octanol–water partition coefficient (Wildman–Crippen LogP) is 5.09. The fourth-order valence-electron chi connectivity index (χ4n) is 3.06. The maximum atomic E-state index is 14.1. The monoisotopic (exact) mass is 445 g/mol. The minimum absolute atomic E-state index is 0.0313. The largest absolute Gasteiger partial charge is 0.454 e. The second-order valence-electron chi connectivity index (χ2n) is 6.59. The standard InChI is InChI=1S/C21H17ClFN3O3S/c1-13(14-7-2-4-9-16(14)23)24-21-25-20-18(29-17-10-5-3-8-15(17)22)11-6-12-19(20)30(27,28)26-21/h2-13H,1H3,(H2,24,25,26)/t13-/m1/s1. The van der Waals surface area contributed by atoms with Crippen LogP contribution in [0.1, 0.15) is 18.5 Å². The average molecular weight is 446 g/mol. The van der Waals surface area contributed by atoms with Gasteiger partial charge in [-0.3, -0.25) is 0 Å². The van der Waals surface area contributed by atoms with Gasteiger partial charge >= 0.3 is 0 Å². The zero-order valence-electron chi connectivity index (χ0n) is 15.8. The van der Waals surface area contributed by atoms with E-state index < -0.39 is 21.9 Å². The maximum Gasteiger partial charge on any atom is 0.287 e. The van der Waals surface area contributed by atoms with E-state index in [2.05, 4.69) is 15.0 Å². The van der Waals surface area contributed by atoms with Crippen LogP contribution >= 0.6 is 11.6 Å². The first-order chi connectivity index (χ1) is 14.3. The zero-order valence-corrected chi connectivity index (χ0v) is 17.3. The molecule has 1 aliphatic heterocycles. The lowest BCUT2D eigenvalue weighted by Crippen LogP contribution is -2.36. The Hall–Kier alpha value is -3.10. The highest BCUT2D eigenvalue weighted by atomic mass is 35.5. The van der Waals surface area contributed by atoms with E-state index in [0.29, 0.717) is 16.3 Å². The van der Waals surface area contributed by atoms with Gasteiger partial charge in [0.25, 0.3) is 10.0 Å². The van der Waals surface area contributed by atoms with E-state index in [0.717, 1.165) is 0 Å². The number of para-hydroxylation sites is 2. The summed E-state index contributed by atoms with van der Waals surface area (Å²) in [5, 5.41) is 6.25. The lowest BCUT2D eigenvalue weighted by Gasteiger charge is -2.24. The third-order valence-electron chi connectivity index (χ3n) is 4.50.